The van der Waals surface area contributed by atoms with Crippen LogP contribution in [-0.2, 0) is 13.6 Å². The van der Waals surface area contributed by atoms with Crippen LogP contribution in [0.3, 0.4) is 0 Å². The van der Waals surface area contributed by atoms with Crippen molar-refractivity contribution in [2.75, 3.05) is 13.1 Å². The summed E-state index contributed by atoms with van der Waals surface area (Å²) in [6, 6.07) is 0.348. The van der Waals surface area contributed by atoms with E-state index in [1.165, 1.54) is 0 Å². The van der Waals surface area contributed by atoms with Crippen molar-refractivity contribution >= 4 is 0 Å². The average Bonchev–Trinajstić information content (AvgIpc) is 2.64. The van der Waals surface area contributed by atoms with Gasteiger partial charge in [0, 0.05) is 32.7 Å². The van der Waals surface area contributed by atoms with E-state index in [0.29, 0.717) is 6.04 Å². The van der Waals surface area contributed by atoms with Crippen LogP contribution in [0.4, 0.5) is 0 Å². The molecule has 2 rings (SSSR count). The Morgan fingerprint density at radius 3 is 3.08 bits per heavy atom. The molecule has 1 saturated heterocycles. The van der Waals surface area contributed by atoms with Crippen LogP contribution < -0.4 is 5.73 Å². The fourth-order valence-electron chi connectivity index (χ4n) is 1.69. The van der Waals surface area contributed by atoms with E-state index >= 15 is 0 Å². The first-order chi connectivity index (χ1) is 6.25. The summed E-state index contributed by atoms with van der Waals surface area (Å²) in [5.41, 5.74) is 6.96. The van der Waals surface area contributed by atoms with Crippen LogP contribution in [0.25, 0.3) is 0 Å². The maximum Gasteiger partial charge on any atom is 0.0738 e. The molecule has 1 aromatic heterocycles. The van der Waals surface area contributed by atoms with Crippen molar-refractivity contribution in [2.24, 2.45) is 12.8 Å². The van der Waals surface area contributed by atoms with Crippen LogP contribution in [0.1, 0.15) is 12.1 Å². The predicted octanol–water partition coefficient (Wildman–Crippen LogP) is -0.652. The Labute approximate surface area is 77.5 Å². The second-order valence-corrected chi connectivity index (χ2v) is 3.63. The topological polar surface area (TPSA) is 60.0 Å². The van der Waals surface area contributed by atoms with Crippen molar-refractivity contribution in [3.8, 4) is 0 Å². The van der Waals surface area contributed by atoms with Gasteiger partial charge >= 0.3 is 0 Å². The van der Waals surface area contributed by atoms with E-state index in [2.05, 4.69) is 15.2 Å². The molecule has 0 unspecified atom stereocenters. The highest BCUT2D eigenvalue weighted by atomic mass is 15.4. The molecule has 1 aliphatic heterocycles. The van der Waals surface area contributed by atoms with Gasteiger partial charge in [0.15, 0.2) is 0 Å². The van der Waals surface area contributed by atoms with Crippen LogP contribution in [0.2, 0.25) is 0 Å². The van der Waals surface area contributed by atoms with Gasteiger partial charge in [-0.15, -0.1) is 5.10 Å². The summed E-state index contributed by atoms with van der Waals surface area (Å²) in [4.78, 5) is 2.34. The Hall–Kier alpha value is -0.940. The summed E-state index contributed by atoms with van der Waals surface area (Å²) in [6.45, 7) is 2.99. The second-order valence-electron chi connectivity index (χ2n) is 3.63. The van der Waals surface area contributed by atoms with Crippen molar-refractivity contribution in [3.05, 3.63) is 11.9 Å². The van der Waals surface area contributed by atoms with Gasteiger partial charge in [-0.25, -0.2) is 0 Å². The molecule has 2 heterocycles. The van der Waals surface area contributed by atoms with E-state index < -0.39 is 0 Å². The fraction of sp³-hybridized carbons (Fsp3) is 0.750. The summed E-state index contributed by atoms with van der Waals surface area (Å²) in [5, 5.41) is 7.72. The minimum atomic E-state index is 0.348. The summed E-state index contributed by atoms with van der Waals surface area (Å²) in [7, 11) is 1.92. The Bertz CT molecular complexity index is 282. The van der Waals surface area contributed by atoms with Gasteiger partial charge in [-0.05, 0) is 6.42 Å². The van der Waals surface area contributed by atoms with Crippen LogP contribution in [0, 0.1) is 0 Å². The van der Waals surface area contributed by atoms with E-state index in [1.54, 1.807) is 0 Å². The highest BCUT2D eigenvalue weighted by Crippen LogP contribution is 2.10. The van der Waals surface area contributed by atoms with Gasteiger partial charge < -0.3 is 5.73 Å². The lowest BCUT2D eigenvalue weighted by Gasteiger charge is -2.13. The summed E-state index contributed by atoms with van der Waals surface area (Å²) >= 11 is 0. The van der Waals surface area contributed by atoms with E-state index in [-0.39, 0.29) is 0 Å². The largest absolute Gasteiger partial charge is 0.326 e. The maximum absolute atomic E-state index is 5.81. The molecule has 5 heteroatoms. The molecule has 1 aliphatic rings. The van der Waals surface area contributed by atoms with Crippen LogP contribution in [0.5, 0.6) is 0 Å². The van der Waals surface area contributed by atoms with Crippen molar-refractivity contribution < 1.29 is 0 Å². The minimum absolute atomic E-state index is 0.348. The molecule has 1 aromatic rings. The van der Waals surface area contributed by atoms with Crippen molar-refractivity contribution in [1.82, 2.24) is 19.9 Å². The predicted molar refractivity (Wildman–Crippen MR) is 48.9 cm³/mol. The van der Waals surface area contributed by atoms with Crippen LogP contribution in [-0.4, -0.2) is 39.0 Å². The number of hydrogen-bond acceptors (Lipinski definition) is 4. The van der Waals surface area contributed by atoms with Crippen LogP contribution in [0.15, 0.2) is 6.20 Å². The van der Waals surface area contributed by atoms with Crippen molar-refractivity contribution in [1.29, 1.82) is 0 Å². The second kappa shape index (κ2) is 3.43. The maximum atomic E-state index is 5.81. The van der Waals surface area contributed by atoms with Gasteiger partial charge in [-0.2, -0.15) is 0 Å². The van der Waals surface area contributed by atoms with E-state index in [4.69, 9.17) is 5.73 Å². The number of aromatic nitrogens is 3. The zero-order valence-corrected chi connectivity index (χ0v) is 7.85. The summed E-state index contributed by atoms with van der Waals surface area (Å²) in [6.07, 6.45) is 2.91. The molecule has 0 bridgehead atoms. The van der Waals surface area contributed by atoms with Crippen molar-refractivity contribution in [2.45, 2.75) is 19.0 Å². The standard InChI is InChI=1S/C8H15N5/c1-12-8(4-10-11-12)6-13-3-2-7(9)5-13/h4,7H,2-3,5-6,9H2,1H3/t7-/m1/s1. The molecule has 0 radical (unpaired) electrons. The normalized spacial score (nSPS) is 24.0. The fourth-order valence-corrected chi connectivity index (χ4v) is 1.69. The Kier molecular flexibility index (Phi) is 2.28. The van der Waals surface area contributed by atoms with E-state index in [0.717, 1.165) is 31.7 Å². The lowest BCUT2D eigenvalue weighted by molar-refractivity contribution is 0.317. The first-order valence-corrected chi connectivity index (χ1v) is 4.57. The molecule has 13 heavy (non-hydrogen) atoms. The smallest absolute Gasteiger partial charge is 0.0738 e. The Morgan fingerprint density at radius 1 is 1.69 bits per heavy atom. The van der Waals surface area contributed by atoms with Gasteiger partial charge in [0.25, 0.3) is 0 Å². The third-order valence-electron chi connectivity index (χ3n) is 2.50. The Balaban J connectivity index is 1.95. The molecule has 0 spiro atoms. The van der Waals surface area contributed by atoms with Gasteiger partial charge in [-0.3, -0.25) is 9.58 Å². The van der Waals surface area contributed by atoms with Crippen molar-refractivity contribution in [3.63, 3.8) is 0 Å². The van der Waals surface area contributed by atoms with E-state index in [1.807, 2.05) is 17.9 Å². The monoisotopic (exact) mass is 181 g/mol. The van der Waals surface area contributed by atoms with Crippen LogP contribution >= 0.6 is 0 Å². The molecular formula is C8H15N5. The number of nitrogens with zero attached hydrogens (tertiary/aromatic N) is 4. The van der Waals surface area contributed by atoms with Gasteiger partial charge in [-0.1, -0.05) is 5.21 Å². The first-order valence-electron chi connectivity index (χ1n) is 4.57. The average molecular weight is 181 g/mol. The van der Waals surface area contributed by atoms with Gasteiger partial charge in [0.2, 0.25) is 0 Å². The quantitative estimate of drug-likeness (QED) is 0.658. The summed E-state index contributed by atoms with van der Waals surface area (Å²) < 4.78 is 1.81. The molecule has 0 aromatic carbocycles. The third kappa shape index (κ3) is 1.87. The number of nitrogens with two attached hydrogens (primary N) is 1. The highest BCUT2D eigenvalue weighted by molar-refractivity contribution is 4.94. The molecular weight excluding hydrogens is 166 g/mol. The number of rotatable bonds is 2. The number of hydrogen-bond donors (Lipinski definition) is 1. The van der Waals surface area contributed by atoms with Gasteiger partial charge in [0.1, 0.15) is 0 Å². The molecule has 0 aliphatic carbocycles. The number of aryl methyl sites for hydroxylation is 1. The molecule has 0 amide bonds. The zero-order chi connectivity index (χ0) is 9.26. The van der Waals surface area contributed by atoms with E-state index in [9.17, 15) is 0 Å². The molecule has 1 fully saturated rings. The molecule has 1 atom stereocenters. The lowest BCUT2D eigenvalue weighted by Crippen LogP contribution is -2.26. The first kappa shape index (κ1) is 8.65. The third-order valence-corrected chi connectivity index (χ3v) is 2.50. The Morgan fingerprint density at radius 2 is 2.54 bits per heavy atom. The minimum Gasteiger partial charge on any atom is -0.326 e. The number of likely N-dealkylation sites (tertiary alicyclic amines) is 1. The summed E-state index contributed by atoms with van der Waals surface area (Å²) in [5.74, 6) is 0. The zero-order valence-electron chi connectivity index (χ0n) is 7.85. The van der Waals surface area contributed by atoms with Gasteiger partial charge in [0.05, 0.1) is 11.9 Å². The molecule has 0 saturated carbocycles. The lowest BCUT2D eigenvalue weighted by atomic mass is 10.3. The molecule has 72 valence electrons. The molecule has 2 N–H and O–H groups in total. The highest BCUT2D eigenvalue weighted by Gasteiger charge is 2.19. The SMILES string of the molecule is Cn1nncc1CN1CC[C@@H](N)C1. The molecule has 5 nitrogen and oxygen atoms in total.